The monoisotopic (exact) mass is 526 g/mol. The maximum atomic E-state index is 12.9. The molecular weight excluding hydrogens is 471 g/mol. The summed E-state index contributed by atoms with van der Waals surface area (Å²) in [6.07, 6.45) is 10.9. The minimum Gasteiger partial charge on any atom is -0.393 e. The van der Waals surface area contributed by atoms with Crippen LogP contribution in [0.15, 0.2) is 0 Å². The van der Waals surface area contributed by atoms with Gasteiger partial charge < -0.3 is 19.3 Å². The Morgan fingerprint density at radius 3 is 2.19 bits per heavy atom. The second-order valence-electron chi connectivity index (χ2n) is 13.4. The molecule has 0 spiro atoms. The van der Waals surface area contributed by atoms with Crippen molar-refractivity contribution < 1.29 is 23.8 Å². The van der Waals surface area contributed by atoms with Gasteiger partial charge in [0.1, 0.15) is 0 Å². The van der Waals surface area contributed by atoms with E-state index < -0.39 is 7.60 Å². The second kappa shape index (κ2) is 11.3. The van der Waals surface area contributed by atoms with Gasteiger partial charge in [-0.15, -0.1) is 0 Å². The molecule has 11 atom stereocenters. The fourth-order valence-electron chi connectivity index (χ4n) is 10.3. The van der Waals surface area contributed by atoms with Gasteiger partial charge in [-0.25, -0.2) is 0 Å². The van der Waals surface area contributed by atoms with E-state index >= 15 is 0 Å². The third-order valence-corrected chi connectivity index (χ3v) is 14.1. The van der Waals surface area contributed by atoms with Crippen LogP contribution < -0.4 is 0 Å². The maximum absolute atomic E-state index is 12.9. The molecule has 4 aliphatic carbocycles. The lowest BCUT2D eigenvalue weighted by Crippen LogP contribution is -2.62. The first kappa shape index (κ1) is 29.1. The van der Waals surface area contributed by atoms with Crippen molar-refractivity contribution >= 4 is 7.60 Å². The normalized spacial score (nSPS) is 45.6. The van der Waals surface area contributed by atoms with E-state index in [-0.39, 0.29) is 23.0 Å². The molecule has 2 N–H and O–H groups in total. The Bertz CT molecular complexity index is 779. The third-order valence-electron chi connectivity index (χ3n) is 11.9. The van der Waals surface area contributed by atoms with Crippen LogP contribution in [-0.4, -0.2) is 41.8 Å². The molecule has 4 fully saturated rings. The standard InChI is InChI=1S/C30H55O5P/c1-7-22-26-19-21(31)14-16-30(26,6)25-15-17-29(5)23(12-13-24(29)27(25)28(22)32)20(4)11-10-18-36(33,34-8-2)35-9-3/h20-28,31-32H,7-19H2,1-6H3/t20-,21-,22-,23-,24+,25+,26+,27+,28-,29-,30-/m1/s1. The van der Waals surface area contributed by atoms with E-state index in [1.165, 1.54) is 25.7 Å². The smallest absolute Gasteiger partial charge is 0.330 e. The lowest BCUT2D eigenvalue weighted by atomic mass is 9.41. The fraction of sp³-hybridized carbons (Fsp3) is 1.00. The first-order chi connectivity index (χ1) is 17.0. The van der Waals surface area contributed by atoms with Gasteiger partial charge in [-0.1, -0.05) is 34.1 Å². The van der Waals surface area contributed by atoms with Crippen molar-refractivity contribution in [1.82, 2.24) is 0 Å². The van der Waals surface area contributed by atoms with Gasteiger partial charge in [-0.3, -0.25) is 4.57 Å². The molecule has 4 aliphatic rings. The maximum Gasteiger partial charge on any atom is 0.330 e. The van der Waals surface area contributed by atoms with E-state index in [2.05, 4.69) is 27.7 Å². The summed E-state index contributed by atoms with van der Waals surface area (Å²) in [7, 11) is -2.97. The minimum atomic E-state index is -2.97. The van der Waals surface area contributed by atoms with Crippen molar-refractivity contribution in [2.75, 3.05) is 19.4 Å². The average Bonchev–Trinajstić information content (AvgIpc) is 3.18. The van der Waals surface area contributed by atoms with Crippen LogP contribution in [-0.2, 0) is 13.6 Å². The predicted octanol–water partition coefficient (Wildman–Crippen LogP) is 7.30. The van der Waals surface area contributed by atoms with Crippen LogP contribution in [0, 0.1) is 52.3 Å². The lowest BCUT2D eigenvalue weighted by molar-refractivity contribution is -0.203. The Labute approximate surface area is 221 Å². The van der Waals surface area contributed by atoms with E-state index in [1.807, 2.05) is 13.8 Å². The highest BCUT2D eigenvalue weighted by molar-refractivity contribution is 7.53. The predicted molar refractivity (Wildman–Crippen MR) is 146 cm³/mol. The average molecular weight is 527 g/mol. The van der Waals surface area contributed by atoms with Gasteiger partial charge in [0.25, 0.3) is 0 Å². The molecule has 210 valence electrons. The van der Waals surface area contributed by atoms with Gasteiger partial charge >= 0.3 is 7.60 Å². The first-order valence-corrected chi connectivity index (χ1v) is 17.0. The van der Waals surface area contributed by atoms with Crippen LogP contribution in [0.1, 0.15) is 106 Å². The van der Waals surface area contributed by atoms with Crippen LogP contribution in [0.2, 0.25) is 0 Å². The molecule has 0 heterocycles. The summed E-state index contributed by atoms with van der Waals surface area (Å²) in [5.41, 5.74) is 0.537. The number of hydrogen-bond donors (Lipinski definition) is 2. The summed E-state index contributed by atoms with van der Waals surface area (Å²) < 4.78 is 24.0. The van der Waals surface area contributed by atoms with E-state index in [4.69, 9.17) is 9.05 Å². The number of aliphatic hydroxyl groups excluding tert-OH is 2. The van der Waals surface area contributed by atoms with E-state index in [0.717, 1.165) is 38.5 Å². The fourth-order valence-corrected chi connectivity index (χ4v) is 12.0. The number of hydrogen-bond acceptors (Lipinski definition) is 5. The molecule has 0 aromatic rings. The van der Waals surface area contributed by atoms with Gasteiger partial charge in [-0.2, -0.15) is 0 Å². The Kier molecular flexibility index (Phi) is 9.11. The second-order valence-corrected chi connectivity index (χ2v) is 15.6. The summed E-state index contributed by atoms with van der Waals surface area (Å²) in [6, 6.07) is 0. The number of fused-ring (bicyclic) bond motifs is 5. The van der Waals surface area contributed by atoms with Crippen LogP contribution in [0.3, 0.4) is 0 Å². The largest absolute Gasteiger partial charge is 0.393 e. The Morgan fingerprint density at radius 2 is 1.56 bits per heavy atom. The van der Waals surface area contributed by atoms with Crippen molar-refractivity contribution in [1.29, 1.82) is 0 Å². The molecule has 0 bridgehead atoms. The molecular formula is C30H55O5P. The molecule has 0 aromatic carbocycles. The molecule has 36 heavy (non-hydrogen) atoms. The summed E-state index contributed by atoms with van der Waals surface area (Å²) in [4.78, 5) is 0. The molecule has 4 saturated carbocycles. The Balaban J connectivity index is 1.48. The summed E-state index contributed by atoms with van der Waals surface area (Å²) in [6.45, 7) is 14.3. The zero-order chi connectivity index (χ0) is 26.3. The zero-order valence-electron chi connectivity index (χ0n) is 24.0. The van der Waals surface area contributed by atoms with Crippen molar-refractivity contribution in [2.45, 2.75) is 118 Å². The van der Waals surface area contributed by atoms with Crippen molar-refractivity contribution in [3.63, 3.8) is 0 Å². The van der Waals surface area contributed by atoms with E-state index in [1.54, 1.807) is 0 Å². The van der Waals surface area contributed by atoms with Gasteiger partial charge in [0, 0.05) is 0 Å². The highest BCUT2D eigenvalue weighted by atomic mass is 31.2. The molecule has 0 radical (unpaired) electrons. The zero-order valence-corrected chi connectivity index (χ0v) is 24.8. The van der Waals surface area contributed by atoms with Gasteiger partial charge in [-0.05, 0) is 124 Å². The molecule has 0 saturated heterocycles. The van der Waals surface area contributed by atoms with Crippen molar-refractivity contribution in [3.8, 4) is 0 Å². The minimum absolute atomic E-state index is 0.188. The Hall–Kier alpha value is 0.0700. The van der Waals surface area contributed by atoms with E-state index in [9.17, 15) is 14.8 Å². The summed E-state index contributed by atoms with van der Waals surface area (Å²) in [5.74, 6) is 3.58. The number of rotatable bonds is 10. The van der Waals surface area contributed by atoms with Crippen LogP contribution in [0.5, 0.6) is 0 Å². The molecule has 0 unspecified atom stereocenters. The molecule has 0 amide bonds. The van der Waals surface area contributed by atoms with Crippen LogP contribution in [0.25, 0.3) is 0 Å². The first-order valence-electron chi connectivity index (χ1n) is 15.3. The van der Waals surface area contributed by atoms with Gasteiger partial charge in [0.05, 0.1) is 31.6 Å². The quantitative estimate of drug-likeness (QED) is 0.292. The van der Waals surface area contributed by atoms with Gasteiger partial charge in [0.15, 0.2) is 0 Å². The number of aliphatic hydroxyl groups is 2. The highest BCUT2D eigenvalue weighted by Crippen LogP contribution is 2.69. The van der Waals surface area contributed by atoms with Gasteiger partial charge in [0.2, 0.25) is 0 Å². The highest BCUT2D eigenvalue weighted by Gasteiger charge is 2.64. The summed E-state index contributed by atoms with van der Waals surface area (Å²) in [5, 5.41) is 22.4. The SMILES string of the molecule is CCOP(=O)(CCC[C@@H](C)[C@H]1CC[C@H]2[C@@H]3[C@H](O)[C@H](CC)[C@@H]4C[C@H](O)CC[C@]4(C)[C@H]3CC[C@]12C)OCC. The van der Waals surface area contributed by atoms with E-state index in [0.29, 0.717) is 60.8 Å². The van der Waals surface area contributed by atoms with Crippen LogP contribution in [0.4, 0.5) is 0 Å². The molecule has 4 rings (SSSR count). The van der Waals surface area contributed by atoms with Crippen LogP contribution >= 0.6 is 7.60 Å². The molecule has 0 aliphatic heterocycles. The summed E-state index contributed by atoms with van der Waals surface area (Å²) >= 11 is 0. The molecule has 6 heteroatoms. The topological polar surface area (TPSA) is 76.0 Å². The van der Waals surface area contributed by atoms with Crippen molar-refractivity contribution in [3.05, 3.63) is 0 Å². The lowest BCUT2D eigenvalue weighted by Gasteiger charge is -2.64. The third kappa shape index (κ3) is 5.03. The Morgan fingerprint density at radius 1 is 0.917 bits per heavy atom. The molecule has 5 nitrogen and oxygen atoms in total. The van der Waals surface area contributed by atoms with Crippen molar-refractivity contribution in [2.24, 2.45) is 52.3 Å². The molecule has 0 aromatic heterocycles.